The quantitative estimate of drug-likeness (QED) is 0.310. The van der Waals surface area contributed by atoms with Gasteiger partial charge in [0.05, 0.1) is 11.4 Å². The van der Waals surface area contributed by atoms with Crippen LogP contribution in [0, 0.1) is 5.95 Å². The highest BCUT2D eigenvalue weighted by atomic mass is 19.4. The molecule has 0 spiro atoms. The Morgan fingerprint density at radius 3 is 2.59 bits per heavy atom. The van der Waals surface area contributed by atoms with Crippen molar-refractivity contribution in [2.45, 2.75) is 51.9 Å². The van der Waals surface area contributed by atoms with Gasteiger partial charge in [-0.25, -0.2) is 19.3 Å². The van der Waals surface area contributed by atoms with Crippen molar-refractivity contribution in [2.24, 2.45) is 0 Å². The first kappa shape index (κ1) is 24.9. The predicted molar refractivity (Wildman–Crippen MR) is 131 cm³/mol. The summed E-state index contributed by atoms with van der Waals surface area (Å²) in [4.78, 5) is 25.5. The van der Waals surface area contributed by atoms with Gasteiger partial charge >= 0.3 is 6.18 Å². The molecular weight excluding hydrogens is 490 g/mol. The molecule has 4 aromatic rings. The molecule has 0 bridgehead atoms. The van der Waals surface area contributed by atoms with E-state index in [0.717, 1.165) is 30.3 Å². The summed E-state index contributed by atoms with van der Waals surface area (Å²) in [5, 5.41) is 6.25. The molecule has 5 rings (SSSR count). The maximum atomic E-state index is 14.5. The SMILES string of the molecule is CC(C)(C)c1cc(-n2c3nc(Nc4ccc5c(c4)CCNC5)ncc3c(=O)n2CC(F)(F)F)cc(F)n1. The van der Waals surface area contributed by atoms with E-state index >= 15 is 0 Å². The third-order valence-electron chi connectivity index (χ3n) is 6.15. The Kier molecular flexibility index (Phi) is 6.01. The highest BCUT2D eigenvalue weighted by Gasteiger charge is 2.32. The molecule has 1 aliphatic rings. The first-order chi connectivity index (χ1) is 17.4. The van der Waals surface area contributed by atoms with Crippen LogP contribution >= 0.6 is 0 Å². The van der Waals surface area contributed by atoms with Crippen molar-refractivity contribution in [1.82, 2.24) is 29.6 Å². The molecule has 194 valence electrons. The van der Waals surface area contributed by atoms with Gasteiger partial charge in [-0.3, -0.25) is 4.79 Å². The van der Waals surface area contributed by atoms with Crippen molar-refractivity contribution in [3.05, 3.63) is 69.7 Å². The fourth-order valence-electron chi connectivity index (χ4n) is 4.34. The van der Waals surface area contributed by atoms with E-state index in [1.54, 1.807) is 20.8 Å². The molecule has 0 amide bonds. The summed E-state index contributed by atoms with van der Waals surface area (Å²) in [6, 6.07) is 8.25. The van der Waals surface area contributed by atoms with E-state index in [-0.39, 0.29) is 22.7 Å². The van der Waals surface area contributed by atoms with Crippen molar-refractivity contribution in [3.8, 4) is 5.69 Å². The number of anilines is 2. The molecule has 8 nitrogen and oxygen atoms in total. The minimum atomic E-state index is -4.71. The topological polar surface area (TPSA) is 89.7 Å². The van der Waals surface area contributed by atoms with Gasteiger partial charge in [-0.1, -0.05) is 26.8 Å². The Labute approximate surface area is 209 Å². The summed E-state index contributed by atoms with van der Waals surface area (Å²) in [6.07, 6.45) is -2.67. The molecule has 3 aromatic heterocycles. The molecule has 0 atom stereocenters. The number of nitrogens with zero attached hydrogens (tertiary/aromatic N) is 5. The summed E-state index contributed by atoms with van der Waals surface area (Å²) < 4.78 is 56.5. The number of halogens is 4. The molecule has 4 heterocycles. The van der Waals surface area contributed by atoms with Gasteiger partial charge < -0.3 is 10.6 Å². The molecule has 1 aromatic carbocycles. The van der Waals surface area contributed by atoms with Crippen LogP contribution in [0.1, 0.15) is 37.6 Å². The summed E-state index contributed by atoms with van der Waals surface area (Å²) in [7, 11) is 0. The van der Waals surface area contributed by atoms with Crippen LogP contribution in [0.15, 0.2) is 41.3 Å². The van der Waals surface area contributed by atoms with E-state index in [1.807, 2.05) is 18.2 Å². The lowest BCUT2D eigenvalue weighted by molar-refractivity contribution is -0.144. The fraction of sp³-hybridized carbons (Fsp3) is 0.360. The Hall–Kier alpha value is -3.80. The lowest BCUT2D eigenvalue weighted by Gasteiger charge is -2.20. The molecule has 0 unspecified atom stereocenters. The van der Waals surface area contributed by atoms with Gasteiger partial charge in [0.1, 0.15) is 11.9 Å². The minimum Gasteiger partial charge on any atom is -0.324 e. The van der Waals surface area contributed by atoms with Crippen molar-refractivity contribution in [3.63, 3.8) is 0 Å². The maximum Gasteiger partial charge on any atom is 0.408 e. The first-order valence-electron chi connectivity index (χ1n) is 11.7. The van der Waals surface area contributed by atoms with Gasteiger partial charge in [-0.15, -0.1) is 0 Å². The molecule has 2 N–H and O–H groups in total. The van der Waals surface area contributed by atoms with Crippen molar-refractivity contribution in [1.29, 1.82) is 0 Å². The predicted octanol–water partition coefficient (Wildman–Crippen LogP) is 4.37. The monoisotopic (exact) mass is 515 g/mol. The maximum absolute atomic E-state index is 14.5. The molecule has 0 aliphatic carbocycles. The highest BCUT2D eigenvalue weighted by molar-refractivity contribution is 5.77. The normalized spacial score (nSPS) is 14.1. The number of rotatable bonds is 4. The van der Waals surface area contributed by atoms with Gasteiger partial charge in [-0.05, 0) is 42.3 Å². The van der Waals surface area contributed by atoms with Gasteiger partial charge in [0.25, 0.3) is 5.56 Å². The Morgan fingerprint density at radius 1 is 1.08 bits per heavy atom. The number of nitrogens with one attached hydrogen (secondary N) is 2. The van der Waals surface area contributed by atoms with E-state index in [4.69, 9.17) is 0 Å². The van der Waals surface area contributed by atoms with E-state index in [9.17, 15) is 22.4 Å². The zero-order chi connectivity index (χ0) is 26.5. The van der Waals surface area contributed by atoms with E-state index in [0.29, 0.717) is 16.1 Å². The molecule has 0 radical (unpaired) electrons. The van der Waals surface area contributed by atoms with E-state index in [1.165, 1.54) is 23.4 Å². The van der Waals surface area contributed by atoms with Crippen LogP contribution in [0.3, 0.4) is 0 Å². The fourth-order valence-corrected chi connectivity index (χ4v) is 4.34. The van der Waals surface area contributed by atoms with Gasteiger partial charge in [-0.2, -0.15) is 22.5 Å². The lowest BCUT2D eigenvalue weighted by Crippen LogP contribution is -2.30. The molecule has 0 saturated carbocycles. The molecule has 1 aliphatic heterocycles. The van der Waals surface area contributed by atoms with E-state index in [2.05, 4.69) is 25.6 Å². The van der Waals surface area contributed by atoms with E-state index < -0.39 is 29.6 Å². The van der Waals surface area contributed by atoms with Gasteiger partial charge in [0.2, 0.25) is 11.9 Å². The summed E-state index contributed by atoms with van der Waals surface area (Å²) in [5.41, 5.74) is 1.74. The lowest BCUT2D eigenvalue weighted by atomic mass is 9.91. The van der Waals surface area contributed by atoms with Crippen LogP contribution in [0.5, 0.6) is 0 Å². The Balaban J connectivity index is 1.66. The third kappa shape index (κ3) is 5.06. The average Bonchev–Trinajstić information content (AvgIpc) is 3.07. The summed E-state index contributed by atoms with van der Waals surface area (Å²) >= 11 is 0. The van der Waals surface area contributed by atoms with Gasteiger partial charge in [0.15, 0.2) is 5.65 Å². The number of alkyl halides is 3. The second kappa shape index (κ2) is 8.94. The van der Waals surface area contributed by atoms with Crippen molar-refractivity contribution >= 4 is 22.7 Å². The number of benzene rings is 1. The number of hydrogen-bond acceptors (Lipinski definition) is 6. The van der Waals surface area contributed by atoms with Crippen LogP contribution in [-0.2, 0) is 24.9 Å². The molecule has 0 saturated heterocycles. The smallest absolute Gasteiger partial charge is 0.324 e. The largest absolute Gasteiger partial charge is 0.408 e. The zero-order valence-electron chi connectivity index (χ0n) is 20.4. The van der Waals surface area contributed by atoms with Crippen molar-refractivity contribution < 1.29 is 17.6 Å². The van der Waals surface area contributed by atoms with Crippen molar-refractivity contribution in [2.75, 3.05) is 11.9 Å². The average molecular weight is 516 g/mol. The van der Waals surface area contributed by atoms with Gasteiger partial charge in [0, 0.05) is 29.9 Å². The van der Waals surface area contributed by atoms with Crippen LogP contribution < -0.4 is 16.2 Å². The number of aromatic nitrogens is 5. The Bertz CT molecular complexity index is 1550. The first-order valence-corrected chi connectivity index (χ1v) is 11.7. The number of hydrogen-bond donors (Lipinski definition) is 2. The number of fused-ring (bicyclic) bond motifs is 2. The van der Waals surface area contributed by atoms with Crippen LogP contribution in [0.4, 0.5) is 29.2 Å². The minimum absolute atomic E-state index is 0.000272. The van der Waals surface area contributed by atoms with Crippen LogP contribution in [-0.4, -0.2) is 37.0 Å². The molecule has 37 heavy (non-hydrogen) atoms. The second-order valence-corrected chi connectivity index (χ2v) is 10.0. The molecular formula is C25H25F4N7O. The van der Waals surface area contributed by atoms with Crippen LogP contribution in [0.25, 0.3) is 16.7 Å². The zero-order valence-corrected chi connectivity index (χ0v) is 20.4. The summed E-state index contributed by atoms with van der Waals surface area (Å²) in [5.74, 6) is -0.795. The second-order valence-electron chi connectivity index (χ2n) is 10.0. The molecule has 0 fully saturated rings. The standard InChI is InChI=1S/C25H25F4N7O/c1-24(2,3)19-9-17(10-20(26)33-19)36-21-18(22(37)35(36)13-25(27,28)29)12-31-23(34-21)32-16-5-4-15-11-30-7-6-14(15)8-16/h4-5,8-10,12,30H,6-7,11,13H2,1-3H3,(H,31,32,34). The highest BCUT2D eigenvalue weighted by Crippen LogP contribution is 2.27. The third-order valence-corrected chi connectivity index (χ3v) is 6.15. The molecule has 12 heteroatoms. The van der Waals surface area contributed by atoms with Crippen LogP contribution in [0.2, 0.25) is 0 Å². The summed E-state index contributed by atoms with van der Waals surface area (Å²) in [6.45, 7) is 5.45. The Morgan fingerprint density at radius 2 is 1.86 bits per heavy atom. The number of pyridine rings is 1.